The number of hydrogen-bond acceptors (Lipinski definition) is 4. The van der Waals surface area contributed by atoms with E-state index in [1.54, 1.807) is 0 Å². The summed E-state index contributed by atoms with van der Waals surface area (Å²) in [6, 6.07) is 4.76. The Bertz CT molecular complexity index is 1100. The van der Waals surface area contributed by atoms with E-state index in [0.29, 0.717) is 12.8 Å². The quantitative estimate of drug-likeness (QED) is 0.736. The molecule has 30 heavy (non-hydrogen) atoms. The lowest BCUT2D eigenvalue weighted by molar-refractivity contribution is 0.0730. The number of anilines is 1. The highest BCUT2D eigenvalue weighted by molar-refractivity contribution is 7.89. The summed E-state index contributed by atoms with van der Waals surface area (Å²) in [6.45, 7) is 0.929. The second-order valence-corrected chi connectivity index (χ2v) is 9.04. The Labute approximate surface area is 171 Å². The molecule has 0 spiro atoms. The highest BCUT2D eigenvalue weighted by Gasteiger charge is 2.31. The highest BCUT2D eigenvalue weighted by atomic mass is 32.2. The standard InChI is InChI=1S/C20H19F3N2O4S/c21-13-10-18(23)15-2-1-5-25(19(15)11-13)20(26)16-12-14(3-4-17(16)22)30(27,28)24-6-8-29-9-7-24/h3-4,10-12H,1-2,5-9H2. The molecule has 0 radical (unpaired) electrons. The molecule has 2 aliphatic heterocycles. The maximum Gasteiger partial charge on any atom is 0.261 e. The van der Waals surface area contributed by atoms with E-state index in [1.807, 2.05) is 0 Å². The van der Waals surface area contributed by atoms with Crippen LogP contribution in [0.3, 0.4) is 0 Å². The molecule has 2 heterocycles. The number of halogens is 3. The van der Waals surface area contributed by atoms with Crippen molar-refractivity contribution in [3.63, 3.8) is 0 Å². The maximum atomic E-state index is 14.5. The molecule has 6 nitrogen and oxygen atoms in total. The van der Waals surface area contributed by atoms with E-state index in [0.717, 1.165) is 35.2 Å². The average molecular weight is 440 g/mol. The van der Waals surface area contributed by atoms with Crippen LogP contribution in [0.1, 0.15) is 22.3 Å². The van der Waals surface area contributed by atoms with Crippen molar-refractivity contribution < 1.29 is 31.1 Å². The van der Waals surface area contributed by atoms with Crippen molar-refractivity contribution in [3.05, 3.63) is 58.9 Å². The molecule has 2 aliphatic rings. The summed E-state index contributed by atoms with van der Waals surface area (Å²) in [7, 11) is -3.94. The molecule has 0 aliphatic carbocycles. The summed E-state index contributed by atoms with van der Waals surface area (Å²) >= 11 is 0. The molecule has 0 unspecified atom stereocenters. The molecule has 0 atom stereocenters. The van der Waals surface area contributed by atoms with Crippen LogP contribution in [-0.2, 0) is 21.2 Å². The van der Waals surface area contributed by atoms with Crippen LogP contribution in [0.25, 0.3) is 0 Å². The summed E-state index contributed by atoms with van der Waals surface area (Å²) in [5.74, 6) is -3.39. The number of benzene rings is 2. The van der Waals surface area contributed by atoms with Crippen molar-refractivity contribution in [3.8, 4) is 0 Å². The van der Waals surface area contributed by atoms with E-state index >= 15 is 0 Å². The average Bonchev–Trinajstić information content (AvgIpc) is 2.73. The summed E-state index contributed by atoms with van der Waals surface area (Å²) in [5.41, 5.74) is -0.264. The van der Waals surface area contributed by atoms with Crippen LogP contribution in [0.15, 0.2) is 35.2 Å². The number of morpholine rings is 1. The van der Waals surface area contributed by atoms with Gasteiger partial charge in [0.25, 0.3) is 5.91 Å². The smallest absolute Gasteiger partial charge is 0.261 e. The molecule has 1 saturated heterocycles. The maximum absolute atomic E-state index is 14.5. The summed E-state index contributed by atoms with van der Waals surface area (Å²) in [5, 5.41) is 0. The molecular weight excluding hydrogens is 421 g/mol. The Balaban J connectivity index is 1.72. The van der Waals surface area contributed by atoms with Crippen LogP contribution in [0, 0.1) is 17.5 Å². The van der Waals surface area contributed by atoms with Gasteiger partial charge in [-0.1, -0.05) is 0 Å². The monoisotopic (exact) mass is 440 g/mol. The van der Waals surface area contributed by atoms with Gasteiger partial charge in [0.1, 0.15) is 17.5 Å². The second-order valence-electron chi connectivity index (χ2n) is 7.10. The Morgan fingerprint density at radius 2 is 1.70 bits per heavy atom. The fraction of sp³-hybridized carbons (Fsp3) is 0.350. The van der Waals surface area contributed by atoms with Crippen LogP contribution in [0.4, 0.5) is 18.9 Å². The van der Waals surface area contributed by atoms with Crippen LogP contribution in [0.5, 0.6) is 0 Å². The molecule has 4 rings (SSSR count). The summed E-state index contributed by atoms with van der Waals surface area (Å²) in [6.07, 6.45) is 0.730. The topological polar surface area (TPSA) is 66.9 Å². The number of amides is 1. The molecular formula is C20H19F3N2O4S. The van der Waals surface area contributed by atoms with E-state index in [9.17, 15) is 26.4 Å². The zero-order valence-electron chi connectivity index (χ0n) is 15.9. The molecule has 2 aromatic rings. The van der Waals surface area contributed by atoms with Crippen molar-refractivity contribution in [2.45, 2.75) is 17.7 Å². The van der Waals surface area contributed by atoms with Crippen LogP contribution in [-0.4, -0.2) is 51.5 Å². The Kier molecular flexibility index (Phi) is 5.56. The molecule has 0 N–H and O–H groups in total. The third-order valence-electron chi connectivity index (χ3n) is 5.26. The normalized spacial score (nSPS) is 17.6. The Morgan fingerprint density at radius 3 is 2.43 bits per heavy atom. The molecule has 0 aromatic heterocycles. The number of hydrogen-bond donors (Lipinski definition) is 0. The first-order valence-corrected chi connectivity index (χ1v) is 10.9. The van der Waals surface area contributed by atoms with Gasteiger partial charge in [-0.05, 0) is 37.1 Å². The predicted octanol–water partition coefficient (Wildman–Crippen LogP) is 2.72. The van der Waals surface area contributed by atoms with Crippen LogP contribution < -0.4 is 4.90 Å². The van der Waals surface area contributed by atoms with E-state index < -0.39 is 38.9 Å². The van der Waals surface area contributed by atoms with Crippen molar-refractivity contribution in [1.82, 2.24) is 4.31 Å². The number of ether oxygens (including phenoxy) is 1. The minimum Gasteiger partial charge on any atom is -0.379 e. The first-order chi connectivity index (χ1) is 14.3. The molecule has 10 heteroatoms. The molecule has 2 aromatic carbocycles. The van der Waals surface area contributed by atoms with Gasteiger partial charge in [-0.3, -0.25) is 4.79 Å². The lowest BCUT2D eigenvalue weighted by Gasteiger charge is -2.30. The van der Waals surface area contributed by atoms with E-state index in [-0.39, 0.29) is 49.0 Å². The van der Waals surface area contributed by atoms with Gasteiger partial charge in [-0.25, -0.2) is 21.6 Å². The van der Waals surface area contributed by atoms with Gasteiger partial charge in [0.2, 0.25) is 10.0 Å². The van der Waals surface area contributed by atoms with E-state index in [1.165, 1.54) is 4.31 Å². The predicted molar refractivity (Wildman–Crippen MR) is 102 cm³/mol. The Morgan fingerprint density at radius 1 is 0.967 bits per heavy atom. The van der Waals surface area contributed by atoms with Gasteiger partial charge in [-0.2, -0.15) is 4.31 Å². The van der Waals surface area contributed by atoms with Gasteiger partial charge in [0.15, 0.2) is 0 Å². The van der Waals surface area contributed by atoms with Crippen molar-refractivity contribution >= 4 is 21.6 Å². The number of sulfonamides is 1. The Hall–Kier alpha value is -2.43. The fourth-order valence-corrected chi connectivity index (χ4v) is 5.17. The van der Waals surface area contributed by atoms with E-state index in [4.69, 9.17) is 4.74 Å². The lowest BCUT2D eigenvalue weighted by atomic mass is 10.00. The number of rotatable bonds is 3. The van der Waals surface area contributed by atoms with Crippen LogP contribution in [0.2, 0.25) is 0 Å². The summed E-state index contributed by atoms with van der Waals surface area (Å²) < 4.78 is 74.5. The van der Waals surface area contributed by atoms with Crippen molar-refractivity contribution in [2.24, 2.45) is 0 Å². The lowest BCUT2D eigenvalue weighted by Crippen LogP contribution is -2.41. The zero-order valence-corrected chi connectivity index (χ0v) is 16.7. The third-order valence-corrected chi connectivity index (χ3v) is 7.15. The van der Waals surface area contributed by atoms with Gasteiger partial charge >= 0.3 is 0 Å². The van der Waals surface area contributed by atoms with Gasteiger partial charge < -0.3 is 9.64 Å². The number of fused-ring (bicyclic) bond motifs is 1. The minimum atomic E-state index is -3.94. The molecule has 0 bridgehead atoms. The first-order valence-electron chi connectivity index (χ1n) is 9.46. The number of nitrogens with zero attached hydrogens (tertiary/aromatic N) is 2. The van der Waals surface area contributed by atoms with Gasteiger partial charge in [0.05, 0.1) is 29.4 Å². The summed E-state index contributed by atoms with van der Waals surface area (Å²) in [4.78, 5) is 13.9. The number of carbonyl (C=O) groups is 1. The first kappa shape index (κ1) is 20.8. The molecule has 160 valence electrons. The van der Waals surface area contributed by atoms with Crippen LogP contribution >= 0.6 is 0 Å². The second kappa shape index (κ2) is 8.01. The van der Waals surface area contributed by atoms with Crippen molar-refractivity contribution in [1.29, 1.82) is 0 Å². The van der Waals surface area contributed by atoms with Gasteiger partial charge in [0, 0.05) is 31.3 Å². The fourth-order valence-electron chi connectivity index (χ4n) is 3.73. The molecule has 1 fully saturated rings. The SMILES string of the molecule is O=C(c1cc(S(=O)(=O)N2CCOCC2)ccc1F)N1CCCc2c(F)cc(F)cc21. The number of carbonyl (C=O) groups excluding carboxylic acids is 1. The highest BCUT2D eigenvalue weighted by Crippen LogP contribution is 2.32. The third kappa shape index (κ3) is 3.70. The largest absolute Gasteiger partial charge is 0.379 e. The zero-order chi connectivity index (χ0) is 21.5. The molecule has 0 saturated carbocycles. The molecule has 1 amide bonds. The van der Waals surface area contributed by atoms with Crippen molar-refractivity contribution in [2.75, 3.05) is 37.7 Å². The minimum absolute atomic E-state index is 0.0320. The van der Waals surface area contributed by atoms with E-state index in [2.05, 4.69) is 0 Å². The van der Waals surface area contributed by atoms with Gasteiger partial charge in [-0.15, -0.1) is 0 Å².